The molecule has 0 aliphatic carbocycles. The Morgan fingerprint density at radius 1 is 1.29 bits per heavy atom. The number of rotatable bonds is 2. The van der Waals surface area contributed by atoms with Crippen LogP contribution < -0.4 is 0 Å². The highest BCUT2D eigenvalue weighted by Crippen LogP contribution is 2.40. The Kier molecular flexibility index (Phi) is 2.52. The number of hydrogen-bond acceptors (Lipinski definition) is 2. The van der Waals surface area contributed by atoms with Gasteiger partial charge in [-0.2, -0.15) is 0 Å². The van der Waals surface area contributed by atoms with Gasteiger partial charge in [0.25, 0.3) is 0 Å². The van der Waals surface area contributed by atoms with Gasteiger partial charge >= 0.3 is 0 Å². The maximum absolute atomic E-state index is 11.0. The topological polar surface area (TPSA) is 29.6 Å². The van der Waals surface area contributed by atoms with Gasteiger partial charge in [-0.15, -0.1) is 0 Å². The number of benzene rings is 1. The lowest BCUT2D eigenvalue weighted by Crippen LogP contribution is -2.00. The van der Waals surface area contributed by atoms with Crippen molar-refractivity contribution < 1.29 is 9.53 Å². The Morgan fingerprint density at radius 2 is 1.86 bits per heavy atom. The van der Waals surface area contributed by atoms with Crippen molar-refractivity contribution in [1.82, 2.24) is 0 Å². The second-order valence-electron chi connectivity index (χ2n) is 3.29. The van der Waals surface area contributed by atoms with Crippen LogP contribution in [0, 0.1) is 0 Å². The minimum absolute atomic E-state index is 0.0334. The fraction of sp³-hybridized carbons (Fsp3) is 0.300. The average Bonchev–Trinajstić information content (AvgIpc) is 2.79. The zero-order valence-corrected chi connectivity index (χ0v) is 8.97. The van der Waals surface area contributed by atoms with Crippen molar-refractivity contribution in [3.8, 4) is 0 Å². The first kappa shape index (κ1) is 9.97. The summed E-state index contributed by atoms with van der Waals surface area (Å²) in [6.07, 6.45) is -0.478. The first-order chi connectivity index (χ1) is 6.58. The van der Waals surface area contributed by atoms with E-state index in [1.54, 1.807) is 18.2 Å². The molecule has 0 unspecified atom stereocenters. The molecule has 1 aromatic rings. The van der Waals surface area contributed by atoms with E-state index >= 15 is 0 Å². The minimum atomic E-state index is -0.315. The van der Waals surface area contributed by atoms with Crippen LogP contribution >= 0.6 is 23.2 Å². The molecule has 1 aromatic carbocycles. The van der Waals surface area contributed by atoms with E-state index in [9.17, 15) is 4.79 Å². The van der Waals surface area contributed by atoms with Crippen molar-refractivity contribution in [3.05, 3.63) is 33.8 Å². The molecular formula is C10H8Cl2O2. The van der Waals surface area contributed by atoms with Gasteiger partial charge in [-0.3, -0.25) is 4.79 Å². The molecule has 2 atom stereocenters. The maximum Gasteiger partial charge on any atom is 0.161 e. The number of ketones is 1. The molecular weight excluding hydrogens is 223 g/mol. The Hall–Kier alpha value is -0.570. The molecule has 1 fully saturated rings. The zero-order chi connectivity index (χ0) is 10.3. The highest BCUT2D eigenvalue weighted by atomic mass is 35.5. The molecule has 0 N–H and O–H groups in total. The second-order valence-corrected chi connectivity index (χ2v) is 4.16. The van der Waals surface area contributed by atoms with Crippen molar-refractivity contribution in [3.63, 3.8) is 0 Å². The predicted octanol–water partition coefficient (Wildman–Crippen LogP) is 3.02. The predicted molar refractivity (Wildman–Crippen MR) is 54.8 cm³/mol. The summed E-state index contributed by atoms with van der Waals surface area (Å²) in [7, 11) is 0. The quantitative estimate of drug-likeness (QED) is 0.732. The highest BCUT2D eigenvalue weighted by molar-refractivity contribution is 6.34. The molecule has 0 spiro atoms. The SMILES string of the molecule is CC(=O)[C@H]1O[C@@H]1c1cc(Cl)cc(Cl)c1. The molecule has 14 heavy (non-hydrogen) atoms. The van der Waals surface area contributed by atoms with E-state index in [1.807, 2.05) is 0 Å². The molecule has 1 aliphatic heterocycles. The summed E-state index contributed by atoms with van der Waals surface area (Å²) in [4.78, 5) is 11.0. The minimum Gasteiger partial charge on any atom is -0.356 e. The molecule has 2 nitrogen and oxygen atoms in total. The lowest BCUT2D eigenvalue weighted by atomic mass is 10.1. The van der Waals surface area contributed by atoms with E-state index in [-0.39, 0.29) is 18.0 Å². The van der Waals surface area contributed by atoms with Crippen LogP contribution in [0.4, 0.5) is 0 Å². The van der Waals surface area contributed by atoms with E-state index in [0.717, 1.165) is 5.56 Å². The van der Waals surface area contributed by atoms with Crippen molar-refractivity contribution in [2.45, 2.75) is 19.1 Å². The van der Waals surface area contributed by atoms with Crippen molar-refractivity contribution in [2.24, 2.45) is 0 Å². The molecule has 0 bridgehead atoms. The van der Waals surface area contributed by atoms with E-state index in [2.05, 4.69) is 0 Å². The third-order valence-electron chi connectivity index (χ3n) is 2.11. The Bertz CT molecular complexity index is 369. The standard InChI is InChI=1S/C10H8Cl2O2/c1-5(13)9-10(14-9)6-2-7(11)4-8(12)3-6/h2-4,9-10H,1H3/t9-,10-/m1/s1. The van der Waals surface area contributed by atoms with Crippen LogP contribution in [0.3, 0.4) is 0 Å². The first-order valence-corrected chi connectivity index (χ1v) is 4.95. The van der Waals surface area contributed by atoms with Crippen LogP contribution in [0.5, 0.6) is 0 Å². The fourth-order valence-corrected chi connectivity index (χ4v) is 1.96. The summed E-state index contributed by atoms with van der Waals surface area (Å²) in [5.41, 5.74) is 0.864. The molecule has 1 saturated heterocycles. The zero-order valence-electron chi connectivity index (χ0n) is 7.46. The lowest BCUT2D eigenvalue weighted by molar-refractivity contribution is -0.118. The van der Waals surface area contributed by atoms with Gasteiger partial charge in [0, 0.05) is 10.0 Å². The molecule has 74 valence electrons. The number of ether oxygens (including phenoxy) is 1. The lowest BCUT2D eigenvalue weighted by Gasteiger charge is -1.98. The van der Waals surface area contributed by atoms with Crippen LogP contribution in [0.2, 0.25) is 10.0 Å². The number of halogens is 2. The van der Waals surface area contributed by atoms with Crippen LogP contribution in [0.15, 0.2) is 18.2 Å². The van der Waals surface area contributed by atoms with Crippen molar-refractivity contribution in [1.29, 1.82) is 0 Å². The summed E-state index contributed by atoms with van der Waals surface area (Å²) in [5.74, 6) is 0.0334. The third kappa shape index (κ3) is 1.92. The molecule has 0 radical (unpaired) electrons. The largest absolute Gasteiger partial charge is 0.356 e. The summed E-state index contributed by atoms with van der Waals surface area (Å²) in [6, 6.07) is 5.18. The molecule has 0 amide bonds. The monoisotopic (exact) mass is 230 g/mol. The van der Waals surface area contributed by atoms with E-state index < -0.39 is 0 Å². The molecule has 1 aliphatic rings. The Balaban J connectivity index is 2.23. The summed E-state index contributed by atoms with van der Waals surface area (Å²) >= 11 is 11.6. The first-order valence-electron chi connectivity index (χ1n) is 4.20. The molecule has 2 rings (SSSR count). The normalized spacial score (nSPS) is 24.8. The van der Waals surface area contributed by atoms with Gasteiger partial charge in [0.15, 0.2) is 5.78 Å². The van der Waals surface area contributed by atoms with Gasteiger partial charge in [0.2, 0.25) is 0 Å². The second kappa shape index (κ2) is 3.54. The molecule has 0 saturated carbocycles. The molecule has 0 aromatic heterocycles. The summed E-state index contributed by atoms with van der Waals surface area (Å²) < 4.78 is 5.21. The number of carbonyl (C=O) groups is 1. The number of carbonyl (C=O) groups excluding carboxylic acids is 1. The van der Waals surface area contributed by atoms with Gasteiger partial charge in [0.05, 0.1) is 0 Å². The third-order valence-corrected chi connectivity index (χ3v) is 2.54. The van der Waals surface area contributed by atoms with Crippen LogP contribution in [0.25, 0.3) is 0 Å². The summed E-state index contributed by atoms with van der Waals surface area (Å²) in [6.45, 7) is 1.51. The number of epoxide rings is 1. The van der Waals surface area contributed by atoms with Crippen molar-refractivity contribution in [2.75, 3.05) is 0 Å². The van der Waals surface area contributed by atoms with Crippen LogP contribution in [-0.2, 0) is 9.53 Å². The van der Waals surface area contributed by atoms with E-state index in [1.165, 1.54) is 6.92 Å². The maximum atomic E-state index is 11.0. The smallest absolute Gasteiger partial charge is 0.161 e. The average molecular weight is 231 g/mol. The van der Waals surface area contributed by atoms with Crippen LogP contribution in [0.1, 0.15) is 18.6 Å². The van der Waals surface area contributed by atoms with Crippen LogP contribution in [-0.4, -0.2) is 11.9 Å². The Morgan fingerprint density at radius 3 is 2.29 bits per heavy atom. The van der Waals surface area contributed by atoms with E-state index in [4.69, 9.17) is 27.9 Å². The van der Waals surface area contributed by atoms with Gasteiger partial charge < -0.3 is 4.74 Å². The van der Waals surface area contributed by atoms with Crippen molar-refractivity contribution >= 4 is 29.0 Å². The van der Waals surface area contributed by atoms with Gasteiger partial charge in [-0.25, -0.2) is 0 Å². The Labute approximate surface area is 91.8 Å². The molecule has 4 heteroatoms. The fourth-order valence-electron chi connectivity index (χ4n) is 1.41. The van der Waals surface area contributed by atoms with Gasteiger partial charge in [0.1, 0.15) is 12.2 Å². The van der Waals surface area contributed by atoms with Gasteiger partial charge in [-0.1, -0.05) is 23.2 Å². The van der Waals surface area contributed by atoms with Gasteiger partial charge in [-0.05, 0) is 30.7 Å². The molecule has 1 heterocycles. The summed E-state index contributed by atoms with van der Waals surface area (Å²) in [5, 5.41) is 1.12. The number of Topliss-reactive ketones (excluding diaryl/α,β-unsaturated/α-hetero) is 1. The number of hydrogen-bond donors (Lipinski definition) is 0. The van der Waals surface area contributed by atoms with E-state index in [0.29, 0.717) is 10.0 Å². The highest BCUT2D eigenvalue weighted by Gasteiger charge is 2.43.